The van der Waals surface area contributed by atoms with Crippen LogP contribution in [0.5, 0.6) is 0 Å². The smallest absolute Gasteiger partial charge is 0.161 e. The van der Waals surface area contributed by atoms with Gasteiger partial charge in [0.1, 0.15) is 5.82 Å². The lowest BCUT2D eigenvalue weighted by Gasteiger charge is -2.14. The van der Waals surface area contributed by atoms with Crippen LogP contribution in [0.15, 0.2) is 29.3 Å². The van der Waals surface area contributed by atoms with E-state index >= 15 is 0 Å². The summed E-state index contributed by atoms with van der Waals surface area (Å²) in [5, 5.41) is 3.80. The molecule has 1 heterocycles. The molecule has 2 nitrogen and oxygen atoms in total. The maximum Gasteiger partial charge on any atom is 0.161 e. The standard InChI is InChI=1S/C11H13FN2S/c1-11(2)7-13-10(15-11)14-9-6-4-3-5-8(9)12/h3-6H,7H2,1-2H3,(H,13,14). The van der Waals surface area contributed by atoms with Crippen LogP contribution in [0.4, 0.5) is 10.1 Å². The quantitative estimate of drug-likeness (QED) is 0.792. The molecule has 0 aliphatic carbocycles. The summed E-state index contributed by atoms with van der Waals surface area (Å²) in [6.07, 6.45) is 0. The molecule has 0 bridgehead atoms. The van der Waals surface area contributed by atoms with Crippen LogP contribution in [-0.2, 0) is 0 Å². The fraction of sp³-hybridized carbons (Fsp3) is 0.364. The summed E-state index contributed by atoms with van der Waals surface area (Å²) >= 11 is 1.64. The molecule has 1 aliphatic rings. The van der Waals surface area contributed by atoms with E-state index in [-0.39, 0.29) is 10.6 Å². The Kier molecular flexibility index (Phi) is 2.69. The van der Waals surface area contributed by atoms with Crippen LogP contribution in [0, 0.1) is 5.82 Å². The highest BCUT2D eigenvalue weighted by Gasteiger charge is 2.27. The van der Waals surface area contributed by atoms with E-state index in [9.17, 15) is 4.39 Å². The number of aliphatic imine (C=N–C) groups is 1. The highest BCUT2D eigenvalue weighted by molar-refractivity contribution is 8.15. The first-order chi connectivity index (χ1) is 7.07. The Morgan fingerprint density at radius 1 is 1.40 bits per heavy atom. The molecule has 0 amide bonds. The predicted octanol–water partition coefficient (Wildman–Crippen LogP) is 3.12. The Bertz CT molecular complexity index is 401. The maximum absolute atomic E-state index is 13.3. The van der Waals surface area contributed by atoms with Crippen molar-refractivity contribution in [2.45, 2.75) is 18.6 Å². The summed E-state index contributed by atoms with van der Waals surface area (Å²) in [5.74, 6) is -0.245. The van der Waals surface area contributed by atoms with Crippen molar-refractivity contribution in [3.05, 3.63) is 30.1 Å². The lowest BCUT2D eigenvalue weighted by Crippen LogP contribution is -2.16. The van der Waals surface area contributed by atoms with Gasteiger partial charge in [-0.1, -0.05) is 23.9 Å². The number of nitrogens with one attached hydrogen (secondary N) is 1. The van der Waals surface area contributed by atoms with Gasteiger partial charge in [-0.2, -0.15) is 0 Å². The SMILES string of the molecule is CC1(C)CN=C(Nc2ccccc2F)S1. The topological polar surface area (TPSA) is 24.4 Å². The van der Waals surface area contributed by atoms with Gasteiger partial charge in [-0.25, -0.2) is 4.39 Å². The second-order valence-corrected chi connectivity index (χ2v) is 5.78. The van der Waals surface area contributed by atoms with Crippen molar-refractivity contribution in [2.75, 3.05) is 11.9 Å². The van der Waals surface area contributed by atoms with E-state index in [4.69, 9.17) is 0 Å². The first-order valence-corrected chi connectivity index (χ1v) is 5.63. The van der Waals surface area contributed by atoms with Gasteiger partial charge in [-0.05, 0) is 26.0 Å². The molecule has 0 saturated heterocycles. The van der Waals surface area contributed by atoms with Crippen LogP contribution < -0.4 is 5.32 Å². The van der Waals surface area contributed by atoms with Gasteiger partial charge in [-0.3, -0.25) is 4.99 Å². The van der Waals surface area contributed by atoms with E-state index in [0.717, 1.165) is 11.7 Å². The van der Waals surface area contributed by atoms with Gasteiger partial charge in [-0.15, -0.1) is 0 Å². The largest absolute Gasteiger partial charge is 0.333 e. The maximum atomic E-state index is 13.3. The summed E-state index contributed by atoms with van der Waals surface area (Å²) in [4.78, 5) is 4.33. The lowest BCUT2D eigenvalue weighted by atomic mass is 10.2. The van der Waals surface area contributed by atoms with E-state index in [1.165, 1.54) is 6.07 Å². The molecule has 15 heavy (non-hydrogen) atoms. The predicted molar refractivity (Wildman–Crippen MR) is 64.0 cm³/mol. The van der Waals surface area contributed by atoms with E-state index in [1.54, 1.807) is 30.0 Å². The number of hydrogen-bond acceptors (Lipinski definition) is 3. The number of amidine groups is 1. The number of anilines is 1. The van der Waals surface area contributed by atoms with Crippen molar-refractivity contribution in [1.82, 2.24) is 0 Å². The first kappa shape index (κ1) is 10.5. The van der Waals surface area contributed by atoms with E-state index in [0.29, 0.717) is 5.69 Å². The fourth-order valence-electron chi connectivity index (χ4n) is 1.33. The van der Waals surface area contributed by atoms with Gasteiger partial charge in [0.05, 0.1) is 12.2 Å². The Hall–Kier alpha value is -1.03. The second-order valence-electron chi connectivity index (χ2n) is 4.09. The van der Waals surface area contributed by atoms with E-state index in [2.05, 4.69) is 24.2 Å². The molecule has 1 aromatic rings. The highest BCUT2D eigenvalue weighted by Crippen LogP contribution is 2.32. The van der Waals surface area contributed by atoms with Crippen LogP contribution in [0.25, 0.3) is 0 Å². The molecular formula is C11H13FN2S. The van der Waals surface area contributed by atoms with Crippen LogP contribution >= 0.6 is 11.8 Å². The van der Waals surface area contributed by atoms with Gasteiger partial charge >= 0.3 is 0 Å². The molecule has 1 N–H and O–H groups in total. The molecule has 0 atom stereocenters. The summed E-state index contributed by atoms with van der Waals surface area (Å²) in [6, 6.07) is 6.63. The molecule has 80 valence electrons. The zero-order valence-electron chi connectivity index (χ0n) is 8.75. The molecule has 0 radical (unpaired) electrons. The lowest BCUT2D eigenvalue weighted by molar-refractivity contribution is 0.632. The second kappa shape index (κ2) is 3.85. The van der Waals surface area contributed by atoms with Crippen molar-refractivity contribution in [3.63, 3.8) is 0 Å². The number of para-hydroxylation sites is 1. The van der Waals surface area contributed by atoms with Crippen LogP contribution in [-0.4, -0.2) is 16.5 Å². The van der Waals surface area contributed by atoms with E-state index < -0.39 is 0 Å². The molecule has 4 heteroatoms. The summed E-state index contributed by atoms with van der Waals surface area (Å²) in [6.45, 7) is 5.02. The van der Waals surface area contributed by atoms with Gasteiger partial charge in [0.25, 0.3) is 0 Å². The molecule has 0 unspecified atom stereocenters. The number of halogens is 1. The van der Waals surface area contributed by atoms with Gasteiger partial charge < -0.3 is 5.32 Å². The molecule has 0 saturated carbocycles. The zero-order chi connectivity index (χ0) is 10.9. The van der Waals surface area contributed by atoms with Gasteiger partial charge in [0.15, 0.2) is 5.17 Å². The minimum atomic E-state index is -0.245. The third kappa shape index (κ3) is 2.50. The number of thioether (sulfide) groups is 1. The molecule has 0 aromatic heterocycles. The van der Waals surface area contributed by atoms with Crippen LogP contribution in [0.1, 0.15) is 13.8 Å². The minimum Gasteiger partial charge on any atom is -0.333 e. The normalized spacial score (nSPS) is 18.7. The van der Waals surface area contributed by atoms with Crippen molar-refractivity contribution >= 4 is 22.6 Å². The molecule has 0 spiro atoms. The van der Waals surface area contributed by atoms with Crippen molar-refractivity contribution in [2.24, 2.45) is 4.99 Å². The van der Waals surface area contributed by atoms with Crippen molar-refractivity contribution in [3.8, 4) is 0 Å². The third-order valence-electron chi connectivity index (χ3n) is 2.09. The van der Waals surface area contributed by atoms with Crippen LogP contribution in [0.3, 0.4) is 0 Å². The molecular weight excluding hydrogens is 211 g/mol. The Labute approximate surface area is 93.0 Å². The third-order valence-corrected chi connectivity index (χ3v) is 3.20. The summed E-state index contributed by atoms with van der Waals surface area (Å²) < 4.78 is 13.4. The van der Waals surface area contributed by atoms with Gasteiger partial charge in [0.2, 0.25) is 0 Å². The van der Waals surface area contributed by atoms with E-state index in [1.807, 2.05) is 0 Å². The molecule has 2 rings (SSSR count). The average Bonchev–Trinajstić information content (AvgIpc) is 2.50. The minimum absolute atomic E-state index is 0.119. The average molecular weight is 224 g/mol. The monoisotopic (exact) mass is 224 g/mol. The fourth-order valence-corrected chi connectivity index (χ4v) is 2.27. The number of nitrogens with zero attached hydrogens (tertiary/aromatic N) is 1. The Morgan fingerprint density at radius 3 is 2.73 bits per heavy atom. The Balaban J connectivity index is 2.08. The first-order valence-electron chi connectivity index (χ1n) is 4.82. The van der Waals surface area contributed by atoms with Crippen LogP contribution in [0.2, 0.25) is 0 Å². The number of hydrogen-bond donors (Lipinski definition) is 1. The summed E-state index contributed by atoms with van der Waals surface area (Å²) in [7, 11) is 0. The Morgan fingerprint density at radius 2 is 2.13 bits per heavy atom. The molecule has 0 fully saturated rings. The van der Waals surface area contributed by atoms with Crippen molar-refractivity contribution in [1.29, 1.82) is 0 Å². The highest BCUT2D eigenvalue weighted by atomic mass is 32.2. The summed E-state index contributed by atoms with van der Waals surface area (Å²) in [5.41, 5.74) is 0.487. The number of rotatable bonds is 1. The van der Waals surface area contributed by atoms with Gasteiger partial charge in [0, 0.05) is 4.75 Å². The number of benzene rings is 1. The molecule has 1 aromatic carbocycles. The molecule has 1 aliphatic heterocycles. The van der Waals surface area contributed by atoms with Crippen molar-refractivity contribution < 1.29 is 4.39 Å². The zero-order valence-corrected chi connectivity index (χ0v) is 9.57.